The van der Waals surface area contributed by atoms with Gasteiger partial charge in [0.05, 0.1) is 0 Å². The predicted molar refractivity (Wildman–Crippen MR) is 180 cm³/mol. The highest BCUT2D eigenvalue weighted by Crippen LogP contribution is 2.39. The minimum absolute atomic E-state index is 0.0786. The van der Waals surface area contributed by atoms with Crippen LogP contribution < -0.4 is 5.73 Å². The Hall–Kier alpha value is -4.69. The van der Waals surface area contributed by atoms with E-state index < -0.39 is 11.5 Å². The first-order valence-electron chi connectivity index (χ1n) is 13.9. The van der Waals surface area contributed by atoms with Gasteiger partial charge in [0, 0.05) is 15.7 Å². The van der Waals surface area contributed by atoms with E-state index in [2.05, 4.69) is 23.3 Å². The molecular weight excluding hydrogens is 556 g/mol. The van der Waals surface area contributed by atoms with Crippen LogP contribution in [0.1, 0.15) is 37.3 Å². The van der Waals surface area contributed by atoms with Crippen molar-refractivity contribution < 1.29 is 14.7 Å². The van der Waals surface area contributed by atoms with E-state index >= 15 is 0 Å². The molecule has 2 aromatic rings. The Morgan fingerprint density at radius 1 is 1.09 bits per heavy atom. The normalized spacial score (nSPS) is 16.0. The van der Waals surface area contributed by atoms with Gasteiger partial charge in [-0.05, 0) is 49.5 Å². The molecule has 43 heavy (non-hydrogen) atoms. The van der Waals surface area contributed by atoms with Crippen molar-refractivity contribution in [3.05, 3.63) is 139 Å². The van der Waals surface area contributed by atoms with Gasteiger partial charge in [0.25, 0.3) is 0 Å². The molecular formula is C35H38N4O3S. The van der Waals surface area contributed by atoms with Crippen molar-refractivity contribution >= 4 is 35.6 Å². The molecule has 8 heteroatoms. The fraction of sp³-hybridized carbons (Fsp3) is 0.200. The van der Waals surface area contributed by atoms with Crippen molar-refractivity contribution in [2.24, 2.45) is 20.9 Å². The van der Waals surface area contributed by atoms with Crippen LogP contribution in [0.15, 0.2) is 148 Å². The Kier molecular flexibility index (Phi) is 13.2. The van der Waals surface area contributed by atoms with Gasteiger partial charge in [-0.2, -0.15) is 0 Å². The van der Waals surface area contributed by atoms with Gasteiger partial charge in [-0.1, -0.05) is 115 Å². The molecule has 1 aliphatic rings. The largest absolute Gasteiger partial charge is 0.476 e. The number of aliphatic carboxylic acids is 1. The lowest BCUT2D eigenvalue weighted by Crippen LogP contribution is -2.25. The lowest BCUT2D eigenvalue weighted by Gasteiger charge is -2.30. The quantitative estimate of drug-likeness (QED) is 0.0858. The van der Waals surface area contributed by atoms with E-state index in [1.54, 1.807) is 30.0 Å². The van der Waals surface area contributed by atoms with E-state index in [0.29, 0.717) is 17.2 Å². The van der Waals surface area contributed by atoms with E-state index in [1.165, 1.54) is 19.2 Å². The summed E-state index contributed by atoms with van der Waals surface area (Å²) in [6.45, 7) is 9.77. The first-order valence-corrected chi connectivity index (χ1v) is 14.8. The number of nitrogens with two attached hydrogens (primary N) is 1. The second-order valence-electron chi connectivity index (χ2n) is 9.61. The number of oxime groups is 1. The molecule has 0 bridgehead atoms. The molecule has 0 aliphatic heterocycles. The topological polar surface area (TPSA) is 110 Å². The van der Waals surface area contributed by atoms with E-state index in [0.717, 1.165) is 16.0 Å². The first-order chi connectivity index (χ1) is 20.9. The third kappa shape index (κ3) is 10.6. The number of aliphatic imine (C=N–C) groups is 2. The van der Waals surface area contributed by atoms with Gasteiger partial charge in [0.15, 0.2) is 12.3 Å². The van der Waals surface area contributed by atoms with Crippen LogP contribution in [-0.2, 0) is 15.2 Å². The van der Waals surface area contributed by atoms with E-state index in [4.69, 9.17) is 15.6 Å². The highest BCUT2D eigenvalue weighted by molar-refractivity contribution is 8.00. The molecule has 0 heterocycles. The van der Waals surface area contributed by atoms with Crippen molar-refractivity contribution in [1.82, 2.24) is 0 Å². The second kappa shape index (κ2) is 17.3. The van der Waals surface area contributed by atoms with Gasteiger partial charge in [-0.25, -0.2) is 9.79 Å². The molecule has 0 spiro atoms. The number of benzene rings is 2. The zero-order valence-electron chi connectivity index (χ0n) is 24.4. The molecule has 0 aromatic heterocycles. The predicted octanol–water partition coefficient (Wildman–Crippen LogP) is 7.40. The lowest BCUT2D eigenvalue weighted by atomic mass is 9.80. The van der Waals surface area contributed by atoms with Crippen molar-refractivity contribution in [3.8, 4) is 0 Å². The van der Waals surface area contributed by atoms with E-state index in [1.807, 2.05) is 98.0 Å². The average Bonchev–Trinajstić information content (AvgIpc) is 3.83. The SMILES string of the molecule is C=C/C=C\C=C/CC(N=CN=C(N)CO/N=C(/C(=O)O)c1ccc(SC2CC2)cc1)(C(=C)/C=C\C=C/C)c1ccccc1. The third-order valence-corrected chi connectivity index (χ3v) is 7.67. The number of hydrogen-bond donors (Lipinski definition) is 2. The summed E-state index contributed by atoms with van der Waals surface area (Å²) in [6, 6.07) is 17.1. The van der Waals surface area contributed by atoms with Crippen LogP contribution in [0.2, 0.25) is 0 Å². The van der Waals surface area contributed by atoms with Crippen LogP contribution in [0.5, 0.6) is 0 Å². The standard InChI is InChI=1S/C35H38N4O3S/c1-4-6-8-9-14-24-35(27(3)15-11-7-5-2,29-16-12-10-13-17-29)38-26-37-32(36)25-42-39-33(34(40)41)28-18-20-30(21-19-28)43-31-22-23-31/h4-21,26,31H,1,3,22-25H2,2H3,(H,40,41)(H2,36,37,38)/b7-5-,8-6-,14-9-,15-11-,39-33+. The van der Waals surface area contributed by atoms with Gasteiger partial charge in [0.2, 0.25) is 0 Å². The van der Waals surface area contributed by atoms with Crippen molar-refractivity contribution in [2.75, 3.05) is 6.61 Å². The summed E-state index contributed by atoms with van der Waals surface area (Å²) in [4.78, 5) is 27.3. The lowest BCUT2D eigenvalue weighted by molar-refractivity contribution is -0.129. The maximum Gasteiger partial charge on any atom is 0.358 e. The maximum atomic E-state index is 11.8. The smallest absolute Gasteiger partial charge is 0.358 e. The number of rotatable bonds is 17. The molecule has 1 aliphatic carbocycles. The van der Waals surface area contributed by atoms with Crippen LogP contribution in [0.3, 0.4) is 0 Å². The molecule has 2 aromatic carbocycles. The maximum absolute atomic E-state index is 11.8. The molecule has 222 valence electrons. The number of allylic oxidation sites excluding steroid dienone is 7. The number of nitrogens with zero attached hydrogens (tertiary/aromatic N) is 3. The van der Waals surface area contributed by atoms with E-state index in [9.17, 15) is 9.90 Å². The molecule has 0 amide bonds. The van der Waals surface area contributed by atoms with Crippen molar-refractivity contribution in [3.63, 3.8) is 0 Å². The fourth-order valence-electron chi connectivity index (χ4n) is 3.93. The van der Waals surface area contributed by atoms with Gasteiger partial charge in [-0.3, -0.25) is 4.99 Å². The average molecular weight is 595 g/mol. The molecule has 3 rings (SSSR count). The number of hydrogen-bond acceptors (Lipinski definition) is 5. The summed E-state index contributed by atoms with van der Waals surface area (Å²) in [6.07, 6.45) is 21.4. The summed E-state index contributed by atoms with van der Waals surface area (Å²) in [5.74, 6) is -1.12. The van der Waals surface area contributed by atoms with E-state index in [-0.39, 0.29) is 18.2 Å². The minimum atomic E-state index is -1.20. The molecule has 0 saturated heterocycles. The summed E-state index contributed by atoms with van der Waals surface area (Å²) in [5, 5.41) is 14.2. The Morgan fingerprint density at radius 3 is 2.49 bits per heavy atom. The van der Waals surface area contributed by atoms with Crippen LogP contribution in [-0.4, -0.2) is 40.8 Å². The van der Waals surface area contributed by atoms with Crippen LogP contribution in [0, 0.1) is 0 Å². The molecule has 1 atom stereocenters. The zero-order chi connectivity index (χ0) is 30.9. The van der Waals surface area contributed by atoms with Gasteiger partial charge >= 0.3 is 5.97 Å². The zero-order valence-corrected chi connectivity index (χ0v) is 25.2. The monoisotopic (exact) mass is 594 g/mol. The molecule has 1 unspecified atom stereocenters. The number of carboxylic acids is 1. The number of carboxylic acid groups (broad SMARTS) is 1. The van der Waals surface area contributed by atoms with Crippen molar-refractivity contribution in [2.45, 2.75) is 41.9 Å². The molecule has 0 radical (unpaired) electrons. The molecule has 1 fully saturated rings. The third-order valence-electron chi connectivity index (χ3n) is 6.32. The Labute approximate surface area is 258 Å². The molecule has 3 N–H and O–H groups in total. The number of carbonyl (C=O) groups is 1. The Balaban J connectivity index is 1.81. The van der Waals surface area contributed by atoms with Crippen LogP contribution in [0.25, 0.3) is 0 Å². The second-order valence-corrected chi connectivity index (χ2v) is 11.0. The highest BCUT2D eigenvalue weighted by atomic mass is 32.2. The van der Waals surface area contributed by atoms with Gasteiger partial charge in [-0.15, -0.1) is 11.8 Å². The summed E-state index contributed by atoms with van der Waals surface area (Å²) >= 11 is 1.80. The summed E-state index contributed by atoms with van der Waals surface area (Å²) in [5.41, 5.74) is 7.14. The Morgan fingerprint density at radius 2 is 1.84 bits per heavy atom. The van der Waals surface area contributed by atoms with Gasteiger partial charge < -0.3 is 15.7 Å². The fourth-order valence-corrected chi connectivity index (χ4v) is 4.98. The van der Waals surface area contributed by atoms with Gasteiger partial charge in [0.1, 0.15) is 17.7 Å². The molecule has 1 saturated carbocycles. The number of amidine groups is 1. The first kappa shape index (κ1) is 32.8. The Bertz CT molecular complexity index is 1450. The number of thioether (sulfide) groups is 1. The molecule has 7 nitrogen and oxygen atoms in total. The summed E-state index contributed by atoms with van der Waals surface area (Å²) < 4.78 is 0. The highest BCUT2D eigenvalue weighted by Gasteiger charge is 2.32. The van der Waals surface area contributed by atoms with Crippen molar-refractivity contribution in [1.29, 1.82) is 0 Å². The van der Waals surface area contributed by atoms with Crippen LogP contribution >= 0.6 is 11.8 Å². The summed E-state index contributed by atoms with van der Waals surface area (Å²) in [7, 11) is 0. The van der Waals surface area contributed by atoms with Crippen LogP contribution in [0.4, 0.5) is 0 Å². The minimum Gasteiger partial charge on any atom is -0.476 e.